The van der Waals surface area contributed by atoms with E-state index in [0.29, 0.717) is 18.0 Å². The van der Waals surface area contributed by atoms with Gasteiger partial charge in [0.1, 0.15) is 5.75 Å². The van der Waals surface area contributed by atoms with Crippen LogP contribution in [0.4, 0.5) is 0 Å². The number of hydrogen-bond donors (Lipinski definition) is 1. The molecule has 2 rings (SSSR count). The number of aryl methyl sites for hydroxylation is 1. The van der Waals surface area contributed by atoms with Gasteiger partial charge >= 0.3 is 0 Å². The molecule has 0 aromatic heterocycles. The summed E-state index contributed by atoms with van der Waals surface area (Å²) >= 11 is 0. The lowest BCUT2D eigenvalue weighted by Gasteiger charge is -2.08. The molecule has 0 fully saturated rings. The van der Waals surface area contributed by atoms with Crippen molar-refractivity contribution in [3.05, 3.63) is 60.2 Å². The van der Waals surface area contributed by atoms with Crippen molar-refractivity contribution in [2.45, 2.75) is 18.2 Å². The van der Waals surface area contributed by atoms with Crippen LogP contribution in [0.2, 0.25) is 0 Å². The first kappa shape index (κ1) is 17.2. The minimum Gasteiger partial charge on any atom is -0.484 e. The second-order valence-electron chi connectivity index (χ2n) is 5.00. The average Bonchev–Trinajstić information content (AvgIpc) is 2.61. The summed E-state index contributed by atoms with van der Waals surface area (Å²) in [6.45, 7) is 2.41. The molecule has 0 heterocycles. The van der Waals surface area contributed by atoms with Gasteiger partial charge in [0.15, 0.2) is 6.61 Å². The highest BCUT2D eigenvalue weighted by Crippen LogP contribution is 2.12. The summed E-state index contributed by atoms with van der Waals surface area (Å²) in [6, 6.07) is 16.9. The standard InChI is InChI=1S/C18H21NO3S/c1-2-15-8-10-16(11-9-15)22-14-18(20)19-12-13-23(21)17-6-4-3-5-7-17/h3-11H,2,12-14H2,1H3,(H,19,20). The molecule has 2 aromatic rings. The van der Waals surface area contributed by atoms with E-state index in [2.05, 4.69) is 12.2 Å². The van der Waals surface area contributed by atoms with Crippen LogP contribution in [0.15, 0.2) is 59.5 Å². The van der Waals surface area contributed by atoms with Gasteiger partial charge in [-0.05, 0) is 36.2 Å². The Balaban J connectivity index is 1.67. The van der Waals surface area contributed by atoms with Crippen molar-refractivity contribution in [2.24, 2.45) is 0 Å². The Hall–Kier alpha value is -2.14. The summed E-state index contributed by atoms with van der Waals surface area (Å²) in [6.07, 6.45) is 0.972. The van der Waals surface area contributed by atoms with Crippen molar-refractivity contribution in [1.82, 2.24) is 5.32 Å². The monoisotopic (exact) mass is 331 g/mol. The minimum atomic E-state index is -1.10. The maximum absolute atomic E-state index is 12.0. The van der Waals surface area contributed by atoms with E-state index in [-0.39, 0.29) is 12.5 Å². The van der Waals surface area contributed by atoms with Crippen molar-refractivity contribution >= 4 is 16.7 Å². The van der Waals surface area contributed by atoms with E-state index in [1.807, 2.05) is 54.6 Å². The van der Waals surface area contributed by atoms with E-state index in [9.17, 15) is 9.00 Å². The smallest absolute Gasteiger partial charge is 0.257 e. The van der Waals surface area contributed by atoms with Gasteiger partial charge in [0.25, 0.3) is 5.91 Å². The van der Waals surface area contributed by atoms with E-state index in [4.69, 9.17) is 4.74 Å². The molecule has 2 aromatic carbocycles. The van der Waals surface area contributed by atoms with E-state index in [1.54, 1.807) is 0 Å². The van der Waals surface area contributed by atoms with Gasteiger partial charge in [0, 0.05) is 17.2 Å². The summed E-state index contributed by atoms with van der Waals surface area (Å²) < 4.78 is 17.4. The number of carbonyl (C=O) groups excluding carboxylic acids is 1. The number of carbonyl (C=O) groups is 1. The zero-order valence-corrected chi connectivity index (χ0v) is 14.0. The molecule has 5 heteroatoms. The first-order valence-electron chi connectivity index (χ1n) is 7.61. The largest absolute Gasteiger partial charge is 0.484 e. The molecule has 122 valence electrons. The Kier molecular flexibility index (Phi) is 6.81. The molecule has 1 amide bonds. The predicted molar refractivity (Wildman–Crippen MR) is 92.0 cm³/mol. The second-order valence-corrected chi connectivity index (χ2v) is 6.57. The quantitative estimate of drug-likeness (QED) is 0.809. The van der Waals surface area contributed by atoms with Gasteiger partial charge in [-0.1, -0.05) is 37.3 Å². The molecule has 23 heavy (non-hydrogen) atoms. The third-order valence-electron chi connectivity index (χ3n) is 3.32. The first-order valence-corrected chi connectivity index (χ1v) is 8.93. The SMILES string of the molecule is CCc1ccc(OCC(=O)NCCS(=O)c2ccccc2)cc1. The molecule has 0 aliphatic heterocycles. The molecule has 0 aliphatic carbocycles. The molecule has 0 bridgehead atoms. The Bertz CT molecular complexity index is 641. The highest BCUT2D eigenvalue weighted by molar-refractivity contribution is 7.85. The summed E-state index contributed by atoms with van der Waals surface area (Å²) in [4.78, 5) is 12.5. The van der Waals surface area contributed by atoms with E-state index in [0.717, 1.165) is 11.3 Å². The van der Waals surface area contributed by atoms with Gasteiger partial charge in [0.2, 0.25) is 0 Å². The fourth-order valence-electron chi connectivity index (χ4n) is 1.99. The molecule has 0 radical (unpaired) electrons. The lowest BCUT2D eigenvalue weighted by molar-refractivity contribution is -0.122. The average molecular weight is 331 g/mol. The highest BCUT2D eigenvalue weighted by atomic mass is 32.2. The molecular weight excluding hydrogens is 310 g/mol. The van der Waals surface area contributed by atoms with Gasteiger partial charge in [-0.3, -0.25) is 9.00 Å². The molecule has 1 atom stereocenters. The molecule has 1 unspecified atom stereocenters. The summed E-state index contributed by atoms with van der Waals surface area (Å²) in [7, 11) is -1.10. The number of amides is 1. The van der Waals surface area contributed by atoms with Crippen LogP contribution in [-0.2, 0) is 22.0 Å². The van der Waals surface area contributed by atoms with Crippen molar-refractivity contribution in [3.8, 4) is 5.75 Å². The van der Waals surface area contributed by atoms with E-state index >= 15 is 0 Å². The van der Waals surface area contributed by atoms with Crippen LogP contribution in [0.25, 0.3) is 0 Å². The van der Waals surface area contributed by atoms with Crippen molar-refractivity contribution in [2.75, 3.05) is 18.9 Å². The van der Waals surface area contributed by atoms with Crippen LogP contribution in [0.3, 0.4) is 0 Å². The maximum Gasteiger partial charge on any atom is 0.257 e. The summed E-state index contributed by atoms with van der Waals surface area (Å²) in [5.41, 5.74) is 1.23. The number of hydrogen-bond acceptors (Lipinski definition) is 3. The minimum absolute atomic E-state index is 0.0383. The van der Waals surface area contributed by atoms with Crippen LogP contribution >= 0.6 is 0 Å². The van der Waals surface area contributed by atoms with Crippen LogP contribution in [0, 0.1) is 0 Å². The summed E-state index contributed by atoms with van der Waals surface area (Å²) in [5.74, 6) is 0.848. The fourth-order valence-corrected chi connectivity index (χ4v) is 2.98. The van der Waals surface area contributed by atoms with Gasteiger partial charge < -0.3 is 10.1 Å². The van der Waals surface area contributed by atoms with Crippen molar-refractivity contribution in [1.29, 1.82) is 0 Å². The number of rotatable bonds is 8. The number of nitrogens with one attached hydrogen (secondary N) is 1. The van der Waals surface area contributed by atoms with Crippen LogP contribution in [0.5, 0.6) is 5.75 Å². The Morgan fingerprint density at radius 1 is 1.09 bits per heavy atom. The highest BCUT2D eigenvalue weighted by Gasteiger charge is 2.06. The first-order chi connectivity index (χ1) is 11.2. The second kappa shape index (κ2) is 9.10. The summed E-state index contributed by atoms with van der Waals surface area (Å²) in [5, 5.41) is 2.72. The van der Waals surface area contributed by atoms with Gasteiger partial charge in [-0.15, -0.1) is 0 Å². The fraction of sp³-hybridized carbons (Fsp3) is 0.278. The zero-order valence-electron chi connectivity index (χ0n) is 13.2. The normalized spacial score (nSPS) is 11.7. The van der Waals surface area contributed by atoms with E-state index < -0.39 is 10.8 Å². The molecule has 4 nitrogen and oxygen atoms in total. The van der Waals surface area contributed by atoms with Gasteiger partial charge in [-0.2, -0.15) is 0 Å². The topological polar surface area (TPSA) is 55.4 Å². The Morgan fingerprint density at radius 3 is 2.43 bits per heavy atom. The van der Waals surface area contributed by atoms with Gasteiger partial charge in [0.05, 0.1) is 10.8 Å². The lowest BCUT2D eigenvalue weighted by atomic mass is 10.2. The number of benzene rings is 2. The van der Waals surface area contributed by atoms with Crippen molar-refractivity contribution < 1.29 is 13.7 Å². The molecular formula is C18H21NO3S. The van der Waals surface area contributed by atoms with E-state index in [1.165, 1.54) is 5.56 Å². The zero-order chi connectivity index (χ0) is 16.5. The number of ether oxygens (including phenoxy) is 1. The molecule has 0 aliphatic rings. The molecule has 0 spiro atoms. The Labute approximate surface area is 139 Å². The lowest BCUT2D eigenvalue weighted by Crippen LogP contribution is -2.32. The maximum atomic E-state index is 12.0. The predicted octanol–water partition coefficient (Wildman–Crippen LogP) is 2.55. The molecule has 1 N–H and O–H groups in total. The molecule has 0 saturated carbocycles. The third-order valence-corrected chi connectivity index (χ3v) is 4.69. The van der Waals surface area contributed by atoms with Crippen LogP contribution < -0.4 is 10.1 Å². The molecule has 0 saturated heterocycles. The Morgan fingerprint density at radius 2 is 1.78 bits per heavy atom. The van der Waals surface area contributed by atoms with Crippen molar-refractivity contribution in [3.63, 3.8) is 0 Å². The third kappa shape index (κ3) is 5.87. The van der Waals surface area contributed by atoms with Crippen LogP contribution in [0.1, 0.15) is 12.5 Å². The van der Waals surface area contributed by atoms with Gasteiger partial charge in [-0.25, -0.2) is 0 Å². The van der Waals surface area contributed by atoms with Crippen LogP contribution in [-0.4, -0.2) is 29.0 Å².